The van der Waals surface area contributed by atoms with E-state index in [1.807, 2.05) is 0 Å². The smallest absolute Gasteiger partial charge is 0.252 e. The molecule has 0 saturated carbocycles. The van der Waals surface area contributed by atoms with Crippen LogP contribution < -0.4 is 14.8 Å². The van der Waals surface area contributed by atoms with E-state index in [4.69, 9.17) is 13.9 Å². The Bertz CT molecular complexity index is 1170. The maximum atomic E-state index is 13.8. The number of halogens is 1. The minimum absolute atomic E-state index is 0.118. The second-order valence-electron chi connectivity index (χ2n) is 6.88. The standard InChI is InChI=1S/C24H20FNO5/c1-29-21-9-14(10-22(30-2)23(21)27)8-19-18-6-5-16(25)11-15(18)12-20(19)24(28)26-13-17-4-3-7-31-17/h3-12,27H,13H2,1-2H3,(H,26,28)/b19-8+. The first kappa shape index (κ1) is 20.3. The van der Waals surface area contributed by atoms with Crippen molar-refractivity contribution in [1.29, 1.82) is 0 Å². The molecule has 1 heterocycles. The van der Waals surface area contributed by atoms with Gasteiger partial charge in [-0.25, -0.2) is 4.39 Å². The number of aromatic hydroxyl groups is 1. The van der Waals surface area contributed by atoms with E-state index in [2.05, 4.69) is 5.32 Å². The van der Waals surface area contributed by atoms with Crippen molar-refractivity contribution in [2.24, 2.45) is 0 Å². The lowest BCUT2D eigenvalue weighted by atomic mass is 9.99. The zero-order valence-corrected chi connectivity index (χ0v) is 16.9. The molecule has 0 atom stereocenters. The molecule has 1 aromatic heterocycles. The minimum atomic E-state index is -0.389. The number of hydrogen-bond donors (Lipinski definition) is 2. The molecular weight excluding hydrogens is 401 g/mol. The second-order valence-corrected chi connectivity index (χ2v) is 6.88. The van der Waals surface area contributed by atoms with Gasteiger partial charge >= 0.3 is 0 Å². The number of nitrogens with one attached hydrogen (secondary N) is 1. The van der Waals surface area contributed by atoms with Crippen LogP contribution in [0.25, 0.3) is 17.7 Å². The maximum Gasteiger partial charge on any atom is 0.252 e. The van der Waals surface area contributed by atoms with Crippen molar-refractivity contribution in [2.45, 2.75) is 6.54 Å². The Morgan fingerprint density at radius 3 is 2.55 bits per heavy atom. The molecule has 0 aliphatic heterocycles. The van der Waals surface area contributed by atoms with Gasteiger partial charge in [-0.2, -0.15) is 0 Å². The highest BCUT2D eigenvalue weighted by Gasteiger charge is 2.25. The van der Waals surface area contributed by atoms with Crippen LogP contribution in [0, 0.1) is 5.82 Å². The summed E-state index contributed by atoms with van der Waals surface area (Å²) in [6.45, 7) is 0.224. The quantitative estimate of drug-likeness (QED) is 0.617. The number of hydrogen-bond acceptors (Lipinski definition) is 5. The van der Waals surface area contributed by atoms with Crippen LogP contribution >= 0.6 is 0 Å². The highest BCUT2D eigenvalue weighted by molar-refractivity contribution is 6.19. The predicted octanol–water partition coefficient (Wildman–Crippen LogP) is 4.40. The first-order valence-electron chi connectivity index (χ1n) is 9.49. The third kappa shape index (κ3) is 4.02. The van der Waals surface area contributed by atoms with E-state index in [0.29, 0.717) is 28.0 Å². The molecule has 0 unspecified atom stereocenters. The van der Waals surface area contributed by atoms with Crippen LogP contribution in [0.1, 0.15) is 22.5 Å². The van der Waals surface area contributed by atoms with Gasteiger partial charge in [0.25, 0.3) is 5.91 Å². The number of rotatable bonds is 6. The molecule has 158 valence electrons. The number of phenolic OH excluding ortho intramolecular Hbond substituents is 1. The van der Waals surface area contributed by atoms with Crippen molar-refractivity contribution in [3.05, 3.63) is 82.6 Å². The largest absolute Gasteiger partial charge is 0.502 e. The number of amides is 1. The number of furan rings is 1. The molecule has 2 aromatic carbocycles. The summed E-state index contributed by atoms with van der Waals surface area (Å²) in [6.07, 6.45) is 4.95. The summed E-state index contributed by atoms with van der Waals surface area (Å²) in [5, 5.41) is 13.0. The van der Waals surface area contributed by atoms with Gasteiger partial charge in [-0.15, -0.1) is 0 Å². The van der Waals surface area contributed by atoms with Crippen LogP contribution in [0.3, 0.4) is 0 Å². The van der Waals surface area contributed by atoms with E-state index in [0.717, 1.165) is 5.56 Å². The summed E-state index contributed by atoms with van der Waals surface area (Å²) in [6, 6.07) is 11.1. The fourth-order valence-corrected chi connectivity index (χ4v) is 3.46. The summed E-state index contributed by atoms with van der Waals surface area (Å²) >= 11 is 0. The molecule has 1 aliphatic carbocycles. The Hall–Kier alpha value is -4.00. The fourth-order valence-electron chi connectivity index (χ4n) is 3.46. The highest BCUT2D eigenvalue weighted by Crippen LogP contribution is 2.41. The zero-order valence-electron chi connectivity index (χ0n) is 16.9. The van der Waals surface area contributed by atoms with Crippen molar-refractivity contribution in [1.82, 2.24) is 5.32 Å². The lowest BCUT2D eigenvalue weighted by molar-refractivity contribution is -0.117. The molecule has 3 aromatic rings. The van der Waals surface area contributed by atoms with Gasteiger partial charge < -0.3 is 24.3 Å². The molecule has 1 amide bonds. The molecular formula is C24H20FNO5. The highest BCUT2D eigenvalue weighted by atomic mass is 19.1. The number of phenols is 1. The Morgan fingerprint density at radius 1 is 1.16 bits per heavy atom. The van der Waals surface area contributed by atoms with E-state index in [1.165, 1.54) is 32.6 Å². The van der Waals surface area contributed by atoms with Gasteiger partial charge in [0.1, 0.15) is 11.6 Å². The molecule has 1 aliphatic rings. The van der Waals surface area contributed by atoms with Gasteiger partial charge in [-0.1, -0.05) is 6.07 Å². The van der Waals surface area contributed by atoms with Crippen molar-refractivity contribution in [3.8, 4) is 17.2 Å². The molecule has 0 spiro atoms. The number of methoxy groups -OCH3 is 2. The SMILES string of the molecule is COc1cc(/C=C2/C(C(=O)NCc3ccco3)=Cc3cc(F)ccc32)cc(OC)c1O. The number of carbonyl (C=O) groups excluding carboxylic acids is 1. The molecule has 6 nitrogen and oxygen atoms in total. The van der Waals surface area contributed by atoms with Crippen LogP contribution in [0.4, 0.5) is 4.39 Å². The van der Waals surface area contributed by atoms with E-state index in [1.54, 1.807) is 42.5 Å². The summed E-state index contributed by atoms with van der Waals surface area (Å²) in [4.78, 5) is 12.9. The number of fused-ring (bicyclic) bond motifs is 1. The summed E-state index contributed by atoms with van der Waals surface area (Å²) in [5.41, 5.74) is 2.96. The third-order valence-corrected chi connectivity index (χ3v) is 4.95. The predicted molar refractivity (Wildman–Crippen MR) is 114 cm³/mol. The normalized spacial score (nSPS) is 13.6. The molecule has 0 radical (unpaired) electrons. The molecule has 0 bridgehead atoms. The fraction of sp³-hybridized carbons (Fsp3) is 0.125. The van der Waals surface area contributed by atoms with Crippen molar-refractivity contribution >= 4 is 23.6 Å². The molecule has 31 heavy (non-hydrogen) atoms. The van der Waals surface area contributed by atoms with Gasteiger partial charge in [0, 0.05) is 5.57 Å². The average molecular weight is 421 g/mol. The monoisotopic (exact) mass is 421 g/mol. The average Bonchev–Trinajstić information content (AvgIpc) is 3.41. The van der Waals surface area contributed by atoms with E-state index < -0.39 is 0 Å². The first-order valence-corrected chi connectivity index (χ1v) is 9.49. The van der Waals surface area contributed by atoms with Gasteiger partial charge in [0.2, 0.25) is 5.75 Å². The second kappa shape index (κ2) is 8.39. The third-order valence-electron chi connectivity index (χ3n) is 4.95. The Morgan fingerprint density at radius 2 is 1.90 bits per heavy atom. The molecule has 4 rings (SSSR count). The van der Waals surface area contributed by atoms with Gasteiger partial charge in [0.05, 0.1) is 27.0 Å². The maximum absolute atomic E-state index is 13.8. The summed E-state index contributed by atoms with van der Waals surface area (Å²) in [5.74, 6) is 0.256. The van der Waals surface area contributed by atoms with Gasteiger partial charge in [-0.05, 0) is 70.8 Å². The Balaban J connectivity index is 1.74. The van der Waals surface area contributed by atoms with Crippen LogP contribution in [0.2, 0.25) is 0 Å². The number of ether oxygens (including phenoxy) is 2. The lowest BCUT2D eigenvalue weighted by Crippen LogP contribution is -2.24. The van der Waals surface area contributed by atoms with E-state index >= 15 is 0 Å². The van der Waals surface area contributed by atoms with Crippen LogP contribution in [-0.2, 0) is 11.3 Å². The number of benzene rings is 2. The summed E-state index contributed by atoms with van der Waals surface area (Å²) in [7, 11) is 2.87. The topological polar surface area (TPSA) is 80.9 Å². The van der Waals surface area contributed by atoms with Gasteiger partial charge in [-0.3, -0.25) is 4.79 Å². The molecule has 2 N–H and O–H groups in total. The van der Waals surface area contributed by atoms with E-state index in [9.17, 15) is 14.3 Å². The molecule has 7 heteroatoms. The molecule has 0 saturated heterocycles. The number of carbonyl (C=O) groups is 1. The lowest BCUT2D eigenvalue weighted by Gasteiger charge is -2.12. The van der Waals surface area contributed by atoms with Crippen LogP contribution in [0.5, 0.6) is 17.2 Å². The van der Waals surface area contributed by atoms with Crippen LogP contribution in [-0.4, -0.2) is 25.2 Å². The summed E-state index contributed by atoms with van der Waals surface area (Å²) < 4.78 is 29.5. The Labute approximate surface area is 178 Å². The van der Waals surface area contributed by atoms with Crippen molar-refractivity contribution < 1.29 is 28.2 Å². The minimum Gasteiger partial charge on any atom is -0.502 e. The van der Waals surface area contributed by atoms with E-state index in [-0.39, 0.29) is 35.5 Å². The Kier molecular flexibility index (Phi) is 5.49. The molecule has 0 fully saturated rings. The zero-order chi connectivity index (χ0) is 22.0. The van der Waals surface area contributed by atoms with Crippen LogP contribution in [0.15, 0.2) is 58.7 Å². The van der Waals surface area contributed by atoms with Gasteiger partial charge in [0.15, 0.2) is 11.5 Å². The van der Waals surface area contributed by atoms with Crippen molar-refractivity contribution in [3.63, 3.8) is 0 Å². The van der Waals surface area contributed by atoms with Crippen molar-refractivity contribution in [2.75, 3.05) is 14.2 Å². The first-order chi connectivity index (χ1) is 15.0.